The summed E-state index contributed by atoms with van der Waals surface area (Å²) in [5.74, 6) is 1.74. The third-order valence-corrected chi connectivity index (χ3v) is 4.69. The number of hydrogen-bond donors (Lipinski definition) is 1. The predicted octanol–water partition coefficient (Wildman–Crippen LogP) is 4.03. The third-order valence-electron chi connectivity index (χ3n) is 4.69. The Hall–Kier alpha value is -2.17. The smallest absolute Gasteiger partial charge is 0.257 e. The second-order valence-electron chi connectivity index (χ2n) is 7.64. The zero-order valence-corrected chi connectivity index (χ0v) is 15.9. The van der Waals surface area contributed by atoms with Crippen molar-refractivity contribution in [2.45, 2.75) is 53.9 Å². The molecule has 0 radical (unpaired) electrons. The lowest BCUT2D eigenvalue weighted by atomic mass is 9.80. The van der Waals surface area contributed by atoms with E-state index < -0.39 is 0 Å². The van der Waals surface area contributed by atoms with E-state index in [2.05, 4.69) is 43.2 Å². The molecule has 1 heterocycles. The van der Waals surface area contributed by atoms with Crippen LogP contribution in [-0.2, 0) is 17.6 Å². The Bertz CT molecular complexity index is 684. The minimum Gasteiger partial charge on any atom is -0.356 e. The molecule has 1 amide bonds. The normalized spacial score (nSPS) is 12.8. The van der Waals surface area contributed by atoms with E-state index in [1.54, 1.807) is 0 Å². The molecule has 2 rings (SSSR count). The lowest BCUT2D eigenvalue weighted by molar-refractivity contribution is -0.122. The minimum absolute atomic E-state index is 0.122. The monoisotopic (exact) mass is 343 g/mol. The molecule has 0 fully saturated rings. The number of nitrogens with zero attached hydrogens (tertiary/aromatic N) is 2. The summed E-state index contributed by atoms with van der Waals surface area (Å²) in [5, 5.41) is 6.92. The van der Waals surface area contributed by atoms with E-state index in [1.165, 1.54) is 5.56 Å². The van der Waals surface area contributed by atoms with Gasteiger partial charge in [-0.25, -0.2) is 0 Å². The Balaban J connectivity index is 1.81. The maximum Gasteiger partial charge on any atom is 0.257 e. The molecule has 0 saturated carbocycles. The minimum atomic E-state index is 0.122. The first kappa shape index (κ1) is 19.2. The van der Waals surface area contributed by atoms with Gasteiger partial charge in [-0.1, -0.05) is 51.9 Å². The summed E-state index contributed by atoms with van der Waals surface area (Å²) in [4.78, 5) is 16.3. The number of aromatic nitrogens is 2. The molecule has 0 aliphatic rings. The van der Waals surface area contributed by atoms with Crippen molar-refractivity contribution in [1.29, 1.82) is 0 Å². The molecule has 136 valence electrons. The molecule has 0 saturated heterocycles. The second kappa shape index (κ2) is 8.28. The van der Waals surface area contributed by atoms with Crippen molar-refractivity contribution in [3.05, 3.63) is 35.7 Å². The van der Waals surface area contributed by atoms with Gasteiger partial charge in [0.25, 0.3) is 5.89 Å². The molecule has 0 aliphatic carbocycles. The van der Waals surface area contributed by atoms with Crippen LogP contribution >= 0.6 is 0 Å². The van der Waals surface area contributed by atoms with Crippen molar-refractivity contribution in [3.8, 4) is 11.5 Å². The van der Waals surface area contributed by atoms with Crippen molar-refractivity contribution in [2.24, 2.45) is 11.3 Å². The number of aryl methyl sites for hydroxylation is 1. The van der Waals surface area contributed by atoms with Gasteiger partial charge in [0.05, 0.1) is 0 Å². The number of amides is 1. The van der Waals surface area contributed by atoms with Crippen LogP contribution in [0, 0.1) is 11.3 Å². The Morgan fingerprint density at radius 1 is 1.24 bits per heavy atom. The molecule has 1 aromatic heterocycles. The van der Waals surface area contributed by atoms with Crippen LogP contribution in [0.25, 0.3) is 11.5 Å². The van der Waals surface area contributed by atoms with Crippen molar-refractivity contribution in [3.63, 3.8) is 0 Å². The van der Waals surface area contributed by atoms with Gasteiger partial charge < -0.3 is 9.84 Å². The van der Waals surface area contributed by atoms with Crippen LogP contribution in [0.4, 0.5) is 0 Å². The number of carbonyl (C=O) groups is 1. The molecule has 0 spiro atoms. The number of hydrogen-bond acceptors (Lipinski definition) is 4. The van der Waals surface area contributed by atoms with Gasteiger partial charge in [-0.3, -0.25) is 4.79 Å². The van der Waals surface area contributed by atoms with Gasteiger partial charge in [0.2, 0.25) is 5.91 Å². The second-order valence-corrected chi connectivity index (χ2v) is 7.64. The molecule has 1 atom stereocenters. The lowest BCUT2D eigenvalue weighted by Crippen LogP contribution is -2.30. The first-order valence-electron chi connectivity index (χ1n) is 8.98. The van der Waals surface area contributed by atoms with E-state index in [0.29, 0.717) is 30.6 Å². The maximum atomic E-state index is 12.0. The summed E-state index contributed by atoms with van der Waals surface area (Å²) in [5.41, 5.74) is 2.24. The zero-order valence-electron chi connectivity index (χ0n) is 15.9. The SMILES string of the molecule is CCc1noc(-c2ccc(CCNC(=O)CC(C)C(C)(C)C)cc2)n1. The van der Waals surface area contributed by atoms with Crippen LogP contribution in [0.2, 0.25) is 0 Å². The summed E-state index contributed by atoms with van der Waals surface area (Å²) in [6, 6.07) is 8.03. The average molecular weight is 343 g/mol. The Morgan fingerprint density at radius 2 is 1.92 bits per heavy atom. The highest BCUT2D eigenvalue weighted by Crippen LogP contribution is 2.27. The van der Waals surface area contributed by atoms with Crippen molar-refractivity contribution in [2.75, 3.05) is 6.54 Å². The van der Waals surface area contributed by atoms with Crippen molar-refractivity contribution < 1.29 is 9.32 Å². The van der Waals surface area contributed by atoms with Crippen LogP contribution in [0.15, 0.2) is 28.8 Å². The predicted molar refractivity (Wildman–Crippen MR) is 99.1 cm³/mol. The first-order chi connectivity index (χ1) is 11.8. The highest BCUT2D eigenvalue weighted by Gasteiger charge is 2.22. The highest BCUT2D eigenvalue weighted by molar-refractivity contribution is 5.76. The summed E-state index contributed by atoms with van der Waals surface area (Å²) < 4.78 is 5.24. The average Bonchev–Trinajstić information content (AvgIpc) is 3.03. The topological polar surface area (TPSA) is 68.0 Å². The van der Waals surface area contributed by atoms with Gasteiger partial charge in [0, 0.05) is 24.9 Å². The van der Waals surface area contributed by atoms with Gasteiger partial charge in [0.1, 0.15) is 0 Å². The number of rotatable bonds is 7. The van der Waals surface area contributed by atoms with Gasteiger partial charge in [-0.05, 0) is 35.4 Å². The molecule has 0 bridgehead atoms. The molecule has 5 nitrogen and oxygen atoms in total. The van der Waals surface area contributed by atoms with E-state index >= 15 is 0 Å². The number of carbonyl (C=O) groups excluding carboxylic acids is 1. The number of nitrogens with one attached hydrogen (secondary N) is 1. The largest absolute Gasteiger partial charge is 0.356 e. The Kier molecular flexibility index (Phi) is 6.34. The van der Waals surface area contributed by atoms with Gasteiger partial charge in [-0.15, -0.1) is 0 Å². The van der Waals surface area contributed by atoms with Crippen molar-refractivity contribution in [1.82, 2.24) is 15.5 Å². The Morgan fingerprint density at radius 3 is 2.48 bits per heavy atom. The fourth-order valence-electron chi connectivity index (χ4n) is 2.33. The van der Waals surface area contributed by atoms with Crippen molar-refractivity contribution >= 4 is 5.91 Å². The fourth-order valence-corrected chi connectivity index (χ4v) is 2.33. The lowest BCUT2D eigenvalue weighted by Gasteiger charge is -2.26. The molecule has 2 aromatic rings. The van der Waals surface area contributed by atoms with Crippen LogP contribution in [0.3, 0.4) is 0 Å². The van der Waals surface area contributed by atoms with Gasteiger partial charge in [-0.2, -0.15) is 4.98 Å². The first-order valence-corrected chi connectivity index (χ1v) is 8.98. The van der Waals surface area contributed by atoms with E-state index in [-0.39, 0.29) is 11.3 Å². The quantitative estimate of drug-likeness (QED) is 0.824. The standard InChI is InChI=1S/C20H29N3O2/c1-6-17-22-19(25-23-17)16-9-7-15(8-10-16)11-12-21-18(24)13-14(2)20(3,4)5/h7-10,14H,6,11-13H2,1-5H3,(H,21,24). The zero-order chi connectivity index (χ0) is 18.4. The van der Waals surface area contributed by atoms with E-state index in [4.69, 9.17) is 4.52 Å². The third kappa shape index (κ3) is 5.69. The van der Waals surface area contributed by atoms with Crippen LogP contribution in [0.5, 0.6) is 0 Å². The summed E-state index contributed by atoms with van der Waals surface area (Å²) in [7, 11) is 0. The summed E-state index contributed by atoms with van der Waals surface area (Å²) in [6.45, 7) is 11.3. The van der Waals surface area contributed by atoms with E-state index in [9.17, 15) is 4.79 Å². The molecule has 1 unspecified atom stereocenters. The molecule has 0 aliphatic heterocycles. The van der Waals surface area contributed by atoms with Gasteiger partial charge in [0.15, 0.2) is 5.82 Å². The van der Waals surface area contributed by atoms with Crippen LogP contribution < -0.4 is 5.32 Å². The van der Waals surface area contributed by atoms with Crippen LogP contribution in [-0.4, -0.2) is 22.6 Å². The van der Waals surface area contributed by atoms with Gasteiger partial charge >= 0.3 is 0 Å². The highest BCUT2D eigenvalue weighted by atomic mass is 16.5. The maximum absolute atomic E-state index is 12.0. The molecule has 1 N–H and O–H groups in total. The molecule has 25 heavy (non-hydrogen) atoms. The number of benzene rings is 1. The summed E-state index contributed by atoms with van der Waals surface area (Å²) >= 11 is 0. The molecular formula is C20H29N3O2. The van der Waals surface area contributed by atoms with E-state index in [1.807, 2.05) is 31.2 Å². The summed E-state index contributed by atoms with van der Waals surface area (Å²) in [6.07, 6.45) is 2.13. The van der Waals surface area contributed by atoms with E-state index in [0.717, 1.165) is 18.4 Å². The molecule has 5 heteroatoms. The Labute approximate surface area is 150 Å². The van der Waals surface area contributed by atoms with Crippen LogP contribution in [0.1, 0.15) is 52.4 Å². The fraction of sp³-hybridized carbons (Fsp3) is 0.550. The molecule has 1 aromatic carbocycles. The molecular weight excluding hydrogens is 314 g/mol.